The van der Waals surface area contributed by atoms with Gasteiger partial charge in [-0.25, -0.2) is 0 Å². The fraction of sp³-hybridized carbons (Fsp3) is 0.462. The van der Waals surface area contributed by atoms with Crippen LogP contribution in [0.15, 0.2) is 60.7 Å². The molecular weight excluding hydrogens is 404 g/mol. The first-order valence-corrected chi connectivity index (χ1v) is 12.5. The number of nitrogens with one attached hydrogen (secondary N) is 1. The van der Waals surface area contributed by atoms with E-state index in [4.69, 9.17) is 0 Å². The minimum atomic E-state index is -0.427. The molecule has 2 amide bonds. The summed E-state index contributed by atoms with van der Waals surface area (Å²) in [6, 6.07) is 20.1. The number of rotatable bonds is 13. The predicted octanol–water partition coefficient (Wildman–Crippen LogP) is 5.07. The maximum absolute atomic E-state index is 13.2. The van der Waals surface area contributed by atoms with Gasteiger partial charge in [0.05, 0.1) is 0 Å². The molecule has 0 bridgehead atoms. The summed E-state index contributed by atoms with van der Waals surface area (Å²) >= 11 is 1.76. The van der Waals surface area contributed by atoms with E-state index in [-0.39, 0.29) is 17.9 Å². The Labute approximate surface area is 191 Å². The molecule has 4 nitrogen and oxygen atoms in total. The Morgan fingerprint density at radius 2 is 1.55 bits per heavy atom. The number of nitrogens with zero attached hydrogens (tertiary/aromatic N) is 1. The van der Waals surface area contributed by atoms with Crippen LogP contribution < -0.4 is 5.32 Å². The summed E-state index contributed by atoms with van der Waals surface area (Å²) in [5.74, 6) is 1.65. The molecule has 168 valence electrons. The molecule has 2 rings (SSSR count). The summed E-state index contributed by atoms with van der Waals surface area (Å²) in [4.78, 5) is 27.9. The van der Waals surface area contributed by atoms with Gasteiger partial charge in [0, 0.05) is 30.5 Å². The third kappa shape index (κ3) is 8.78. The third-order valence-electron chi connectivity index (χ3n) is 5.44. The number of thioether (sulfide) groups is 1. The summed E-state index contributed by atoms with van der Waals surface area (Å²) < 4.78 is 0. The quantitative estimate of drug-likeness (QED) is 0.442. The molecule has 2 aromatic carbocycles. The SMILES string of the molecule is CC[C@H](C(=O)N[C@@H](C)CC)N(CCc1ccccc1)C(=O)CCSCc1ccccc1. The molecule has 1 N–H and O–H groups in total. The highest BCUT2D eigenvalue weighted by Crippen LogP contribution is 2.16. The predicted molar refractivity (Wildman–Crippen MR) is 131 cm³/mol. The minimum absolute atomic E-state index is 0.0461. The van der Waals surface area contributed by atoms with Gasteiger partial charge in [0.25, 0.3) is 0 Å². The Hall–Kier alpha value is -2.27. The van der Waals surface area contributed by atoms with E-state index >= 15 is 0 Å². The number of carbonyl (C=O) groups is 2. The van der Waals surface area contributed by atoms with Crippen molar-refractivity contribution in [1.29, 1.82) is 0 Å². The van der Waals surface area contributed by atoms with Gasteiger partial charge in [0.2, 0.25) is 11.8 Å². The monoisotopic (exact) mass is 440 g/mol. The molecule has 31 heavy (non-hydrogen) atoms. The highest BCUT2D eigenvalue weighted by molar-refractivity contribution is 7.98. The van der Waals surface area contributed by atoms with E-state index in [1.54, 1.807) is 16.7 Å². The molecule has 0 heterocycles. The Morgan fingerprint density at radius 1 is 0.935 bits per heavy atom. The van der Waals surface area contributed by atoms with Crippen molar-refractivity contribution in [2.75, 3.05) is 12.3 Å². The highest BCUT2D eigenvalue weighted by Gasteiger charge is 2.28. The van der Waals surface area contributed by atoms with E-state index in [1.807, 2.05) is 57.2 Å². The van der Waals surface area contributed by atoms with Gasteiger partial charge < -0.3 is 10.2 Å². The average molecular weight is 441 g/mol. The summed E-state index contributed by atoms with van der Waals surface area (Å²) in [6.07, 6.45) is 2.67. The van der Waals surface area contributed by atoms with Crippen LogP contribution >= 0.6 is 11.8 Å². The van der Waals surface area contributed by atoms with Gasteiger partial charge in [0.15, 0.2) is 0 Å². The van der Waals surface area contributed by atoms with Gasteiger partial charge >= 0.3 is 0 Å². The molecule has 0 radical (unpaired) electrons. The van der Waals surface area contributed by atoms with Gasteiger partial charge in [0.1, 0.15) is 6.04 Å². The molecule has 5 heteroatoms. The fourth-order valence-electron chi connectivity index (χ4n) is 3.40. The first-order valence-electron chi connectivity index (χ1n) is 11.3. The molecule has 0 saturated carbocycles. The molecule has 0 aliphatic heterocycles. The van der Waals surface area contributed by atoms with Crippen LogP contribution in [0.3, 0.4) is 0 Å². The van der Waals surface area contributed by atoms with Gasteiger partial charge in [-0.1, -0.05) is 74.5 Å². The standard InChI is InChI=1S/C26H36N2O2S/c1-4-21(3)27-26(30)24(5-2)28(18-16-22-12-8-6-9-13-22)25(29)17-19-31-20-23-14-10-7-11-15-23/h6-15,21,24H,4-5,16-20H2,1-3H3,(H,27,30)/t21-,24+/m0/s1. The second-order valence-corrected chi connectivity index (χ2v) is 8.96. The van der Waals surface area contributed by atoms with Crippen LogP contribution in [0.4, 0.5) is 0 Å². The lowest BCUT2D eigenvalue weighted by Crippen LogP contribution is -2.51. The van der Waals surface area contributed by atoms with Crippen LogP contribution in [0, 0.1) is 0 Å². The number of carbonyl (C=O) groups excluding carboxylic acids is 2. The second-order valence-electron chi connectivity index (χ2n) is 7.85. The molecule has 0 fully saturated rings. The smallest absolute Gasteiger partial charge is 0.243 e. The van der Waals surface area contributed by atoms with E-state index in [1.165, 1.54) is 11.1 Å². The third-order valence-corrected chi connectivity index (χ3v) is 6.47. The van der Waals surface area contributed by atoms with E-state index in [9.17, 15) is 9.59 Å². The highest BCUT2D eigenvalue weighted by atomic mass is 32.2. The van der Waals surface area contributed by atoms with Crippen LogP contribution in [0.2, 0.25) is 0 Å². The first-order chi connectivity index (χ1) is 15.0. The summed E-state index contributed by atoms with van der Waals surface area (Å²) in [5, 5.41) is 3.06. The van der Waals surface area contributed by atoms with Crippen molar-refractivity contribution in [2.24, 2.45) is 0 Å². The normalized spacial score (nSPS) is 12.7. The lowest BCUT2D eigenvalue weighted by atomic mass is 10.1. The van der Waals surface area contributed by atoms with Gasteiger partial charge in [-0.15, -0.1) is 0 Å². The fourth-order valence-corrected chi connectivity index (χ4v) is 4.30. The summed E-state index contributed by atoms with van der Waals surface area (Å²) in [6.45, 7) is 6.58. The van der Waals surface area contributed by atoms with Crippen molar-refractivity contribution < 1.29 is 9.59 Å². The Kier molecular flexibility index (Phi) is 11.2. The van der Waals surface area contributed by atoms with Crippen molar-refractivity contribution in [3.8, 4) is 0 Å². The van der Waals surface area contributed by atoms with E-state index in [0.29, 0.717) is 19.4 Å². The van der Waals surface area contributed by atoms with Crippen molar-refractivity contribution >= 4 is 23.6 Å². The van der Waals surface area contributed by atoms with Crippen LogP contribution in [0.1, 0.15) is 51.2 Å². The lowest BCUT2D eigenvalue weighted by Gasteiger charge is -2.31. The second kappa shape index (κ2) is 13.9. The number of benzene rings is 2. The lowest BCUT2D eigenvalue weighted by molar-refractivity contribution is -0.140. The zero-order valence-corrected chi connectivity index (χ0v) is 19.9. The molecule has 2 aromatic rings. The van der Waals surface area contributed by atoms with Crippen molar-refractivity contribution in [1.82, 2.24) is 10.2 Å². The van der Waals surface area contributed by atoms with Crippen LogP contribution in [-0.4, -0.2) is 41.1 Å². The van der Waals surface area contributed by atoms with Crippen molar-refractivity contribution in [3.05, 3.63) is 71.8 Å². The Bertz CT molecular complexity index is 783. The minimum Gasteiger partial charge on any atom is -0.352 e. The average Bonchev–Trinajstić information content (AvgIpc) is 2.80. The number of amides is 2. The van der Waals surface area contributed by atoms with E-state index < -0.39 is 6.04 Å². The van der Waals surface area contributed by atoms with Crippen LogP contribution in [-0.2, 0) is 21.8 Å². The molecule has 0 spiro atoms. The maximum Gasteiger partial charge on any atom is 0.243 e. The molecule has 0 aromatic heterocycles. The first kappa shape index (κ1) is 25.0. The zero-order valence-electron chi connectivity index (χ0n) is 19.0. The van der Waals surface area contributed by atoms with Gasteiger partial charge in [-0.05, 0) is 37.3 Å². The molecule has 2 atom stereocenters. The number of hydrogen-bond donors (Lipinski definition) is 1. The van der Waals surface area contributed by atoms with E-state index in [2.05, 4.69) is 29.6 Å². The van der Waals surface area contributed by atoms with Crippen LogP contribution in [0.25, 0.3) is 0 Å². The zero-order chi connectivity index (χ0) is 22.5. The molecule has 0 aliphatic rings. The van der Waals surface area contributed by atoms with Crippen LogP contribution in [0.5, 0.6) is 0 Å². The van der Waals surface area contributed by atoms with Gasteiger partial charge in [-0.2, -0.15) is 11.8 Å². The summed E-state index contributed by atoms with van der Waals surface area (Å²) in [5.41, 5.74) is 2.44. The van der Waals surface area contributed by atoms with E-state index in [0.717, 1.165) is 24.3 Å². The maximum atomic E-state index is 13.2. The molecular formula is C26H36N2O2S. The Morgan fingerprint density at radius 3 is 2.13 bits per heavy atom. The molecule has 0 saturated heterocycles. The van der Waals surface area contributed by atoms with Gasteiger partial charge in [-0.3, -0.25) is 9.59 Å². The van der Waals surface area contributed by atoms with Crippen molar-refractivity contribution in [2.45, 2.75) is 64.3 Å². The number of hydrogen-bond acceptors (Lipinski definition) is 3. The van der Waals surface area contributed by atoms with Crippen molar-refractivity contribution in [3.63, 3.8) is 0 Å². The Balaban J connectivity index is 2.00. The largest absolute Gasteiger partial charge is 0.352 e. The molecule has 0 aliphatic carbocycles. The molecule has 0 unspecified atom stereocenters. The summed E-state index contributed by atoms with van der Waals surface area (Å²) in [7, 11) is 0. The topological polar surface area (TPSA) is 49.4 Å².